The Balaban J connectivity index is 3.71. The molecule has 0 radical (unpaired) electrons. The van der Waals surface area contributed by atoms with Crippen LogP contribution in [0.1, 0.15) is 26.7 Å². The molecule has 4 heteroatoms. The summed E-state index contributed by atoms with van der Waals surface area (Å²) in [5, 5.41) is 8.62. The zero-order chi connectivity index (χ0) is 10.3. The van der Waals surface area contributed by atoms with Crippen LogP contribution in [0.4, 0.5) is 0 Å². The van der Waals surface area contributed by atoms with Gasteiger partial charge < -0.3 is 9.84 Å². The molecule has 0 aliphatic heterocycles. The second-order valence-corrected chi connectivity index (χ2v) is 2.90. The standard InChI is InChI=1S/C9H16O4/c1-3-5-13-6-4-8(7(2)10)9(11)12/h8H,3-6H2,1-2H3,(H,11,12). The van der Waals surface area contributed by atoms with Crippen molar-refractivity contribution in [1.29, 1.82) is 0 Å². The lowest BCUT2D eigenvalue weighted by Crippen LogP contribution is -2.23. The molecule has 0 saturated carbocycles. The summed E-state index contributed by atoms with van der Waals surface area (Å²) in [5.41, 5.74) is 0. The van der Waals surface area contributed by atoms with Gasteiger partial charge >= 0.3 is 5.97 Å². The number of carboxylic acids is 1. The summed E-state index contributed by atoms with van der Waals surface area (Å²) in [6.45, 7) is 4.22. The lowest BCUT2D eigenvalue weighted by Gasteiger charge is -2.08. The molecule has 1 atom stereocenters. The van der Waals surface area contributed by atoms with E-state index in [1.54, 1.807) is 0 Å². The van der Waals surface area contributed by atoms with Crippen LogP contribution in [0.25, 0.3) is 0 Å². The minimum atomic E-state index is -1.06. The predicted molar refractivity (Wildman–Crippen MR) is 47.5 cm³/mol. The summed E-state index contributed by atoms with van der Waals surface area (Å²) in [4.78, 5) is 21.3. The summed E-state index contributed by atoms with van der Waals surface area (Å²) in [6.07, 6.45) is 1.17. The molecule has 0 heterocycles. The van der Waals surface area contributed by atoms with E-state index in [1.165, 1.54) is 6.92 Å². The Morgan fingerprint density at radius 1 is 1.38 bits per heavy atom. The van der Waals surface area contributed by atoms with Gasteiger partial charge in [-0.15, -0.1) is 0 Å². The van der Waals surface area contributed by atoms with Crippen molar-refractivity contribution in [2.45, 2.75) is 26.7 Å². The Hall–Kier alpha value is -0.900. The summed E-state index contributed by atoms with van der Waals surface area (Å²) >= 11 is 0. The molecule has 0 spiro atoms. The Kier molecular flexibility index (Phi) is 6.14. The minimum absolute atomic E-state index is 0.269. The van der Waals surface area contributed by atoms with Crippen LogP contribution in [0, 0.1) is 5.92 Å². The maximum atomic E-state index is 10.8. The molecule has 76 valence electrons. The monoisotopic (exact) mass is 188 g/mol. The number of ketones is 1. The maximum absolute atomic E-state index is 10.8. The third-order valence-corrected chi connectivity index (χ3v) is 1.69. The van der Waals surface area contributed by atoms with E-state index in [-0.39, 0.29) is 12.2 Å². The first-order valence-electron chi connectivity index (χ1n) is 4.40. The largest absolute Gasteiger partial charge is 0.481 e. The number of hydrogen-bond acceptors (Lipinski definition) is 3. The first-order valence-corrected chi connectivity index (χ1v) is 4.40. The molecule has 4 nitrogen and oxygen atoms in total. The predicted octanol–water partition coefficient (Wildman–Crippen LogP) is 1.09. The van der Waals surface area contributed by atoms with E-state index >= 15 is 0 Å². The number of rotatable bonds is 7. The van der Waals surface area contributed by atoms with E-state index in [2.05, 4.69) is 0 Å². The van der Waals surface area contributed by atoms with Crippen LogP contribution in [0.3, 0.4) is 0 Å². The fraction of sp³-hybridized carbons (Fsp3) is 0.778. The average molecular weight is 188 g/mol. The molecule has 0 aromatic rings. The molecule has 0 saturated heterocycles. The highest BCUT2D eigenvalue weighted by atomic mass is 16.5. The molecule has 1 unspecified atom stereocenters. The van der Waals surface area contributed by atoms with Gasteiger partial charge in [-0.1, -0.05) is 6.92 Å². The Labute approximate surface area is 77.9 Å². The molecule has 0 fully saturated rings. The zero-order valence-electron chi connectivity index (χ0n) is 8.08. The Bertz CT molecular complexity index is 162. The van der Waals surface area contributed by atoms with Gasteiger partial charge in [0.1, 0.15) is 11.7 Å². The van der Waals surface area contributed by atoms with Gasteiger partial charge in [0, 0.05) is 13.2 Å². The first-order chi connectivity index (χ1) is 6.09. The van der Waals surface area contributed by atoms with Gasteiger partial charge in [0.25, 0.3) is 0 Å². The highest BCUT2D eigenvalue weighted by Gasteiger charge is 2.21. The SMILES string of the molecule is CCCOCCC(C(C)=O)C(=O)O. The van der Waals surface area contributed by atoms with Crippen LogP contribution >= 0.6 is 0 Å². The van der Waals surface area contributed by atoms with Gasteiger partial charge in [0.15, 0.2) is 0 Å². The molecule has 0 amide bonds. The van der Waals surface area contributed by atoms with Crippen LogP contribution in [-0.2, 0) is 14.3 Å². The fourth-order valence-corrected chi connectivity index (χ4v) is 0.948. The number of carbonyl (C=O) groups excluding carboxylic acids is 1. The minimum Gasteiger partial charge on any atom is -0.481 e. The van der Waals surface area contributed by atoms with Crippen LogP contribution in [0.5, 0.6) is 0 Å². The molecule has 0 aliphatic carbocycles. The van der Waals surface area contributed by atoms with Gasteiger partial charge in [-0.05, 0) is 19.8 Å². The van der Waals surface area contributed by atoms with Crippen molar-refractivity contribution in [1.82, 2.24) is 0 Å². The smallest absolute Gasteiger partial charge is 0.314 e. The first kappa shape index (κ1) is 12.1. The van der Waals surface area contributed by atoms with Crippen molar-refractivity contribution < 1.29 is 19.4 Å². The Morgan fingerprint density at radius 3 is 2.38 bits per heavy atom. The van der Waals surface area contributed by atoms with E-state index in [0.717, 1.165) is 6.42 Å². The third-order valence-electron chi connectivity index (χ3n) is 1.69. The summed E-state index contributed by atoms with van der Waals surface area (Å²) in [6, 6.07) is 0. The van der Waals surface area contributed by atoms with Crippen LogP contribution in [-0.4, -0.2) is 30.1 Å². The van der Waals surface area contributed by atoms with Crippen molar-refractivity contribution >= 4 is 11.8 Å². The van der Waals surface area contributed by atoms with Crippen LogP contribution in [0.15, 0.2) is 0 Å². The van der Waals surface area contributed by atoms with Crippen molar-refractivity contribution in [3.8, 4) is 0 Å². The number of Topliss-reactive ketones (excluding diaryl/α,β-unsaturated/α-hetero) is 1. The van der Waals surface area contributed by atoms with E-state index in [9.17, 15) is 9.59 Å². The van der Waals surface area contributed by atoms with Gasteiger partial charge in [-0.25, -0.2) is 0 Å². The maximum Gasteiger partial charge on any atom is 0.314 e. The number of hydrogen-bond donors (Lipinski definition) is 1. The van der Waals surface area contributed by atoms with Crippen molar-refractivity contribution in [2.24, 2.45) is 5.92 Å². The fourth-order valence-electron chi connectivity index (χ4n) is 0.948. The van der Waals surface area contributed by atoms with E-state index in [1.807, 2.05) is 6.92 Å². The molecule has 13 heavy (non-hydrogen) atoms. The second-order valence-electron chi connectivity index (χ2n) is 2.90. The molecule has 0 aliphatic rings. The number of carbonyl (C=O) groups is 2. The number of aliphatic carboxylic acids is 1. The van der Waals surface area contributed by atoms with E-state index < -0.39 is 11.9 Å². The summed E-state index contributed by atoms with van der Waals surface area (Å²) < 4.78 is 5.10. The molecule has 0 aromatic carbocycles. The summed E-state index contributed by atoms with van der Waals surface area (Å²) in [7, 11) is 0. The second kappa shape index (κ2) is 6.60. The van der Waals surface area contributed by atoms with Gasteiger partial charge in [-0.2, -0.15) is 0 Å². The quantitative estimate of drug-likeness (QED) is 0.480. The number of carboxylic acid groups (broad SMARTS) is 1. The lowest BCUT2D eigenvalue weighted by atomic mass is 10.0. The van der Waals surface area contributed by atoms with Crippen LogP contribution < -0.4 is 0 Å². The Morgan fingerprint density at radius 2 is 2.00 bits per heavy atom. The normalized spacial score (nSPS) is 12.5. The van der Waals surface area contributed by atoms with Gasteiger partial charge in [0.2, 0.25) is 0 Å². The van der Waals surface area contributed by atoms with Crippen molar-refractivity contribution in [2.75, 3.05) is 13.2 Å². The van der Waals surface area contributed by atoms with Crippen LogP contribution in [0.2, 0.25) is 0 Å². The molecule has 0 bridgehead atoms. The van der Waals surface area contributed by atoms with Gasteiger partial charge in [-0.3, -0.25) is 9.59 Å². The van der Waals surface area contributed by atoms with E-state index in [0.29, 0.717) is 13.2 Å². The molecule has 0 rings (SSSR count). The highest BCUT2D eigenvalue weighted by Crippen LogP contribution is 2.05. The molecular formula is C9H16O4. The zero-order valence-corrected chi connectivity index (χ0v) is 8.08. The molecular weight excluding hydrogens is 172 g/mol. The lowest BCUT2D eigenvalue weighted by molar-refractivity contribution is -0.146. The average Bonchev–Trinajstić information content (AvgIpc) is 2.02. The highest BCUT2D eigenvalue weighted by molar-refractivity contribution is 5.96. The van der Waals surface area contributed by atoms with Gasteiger partial charge in [0.05, 0.1) is 0 Å². The molecule has 1 N–H and O–H groups in total. The summed E-state index contributed by atoms with van der Waals surface area (Å²) in [5.74, 6) is -2.28. The molecule has 0 aromatic heterocycles. The van der Waals surface area contributed by atoms with Crippen molar-refractivity contribution in [3.63, 3.8) is 0 Å². The third kappa shape index (κ3) is 5.36. The van der Waals surface area contributed by atoms with E-state index in [4.69, 9.17) is 9.84 Å². The topological polar surface area (TPSA) is 63.6 Å². The number of ether oxygens (including phenoxy) is 1. The van der Waals surface area contributed by atoms with Crippen molar-refractivity contribution in [3.05, 3.63) is 0 Å².